The minimum absolute atomic E-state index is 0.397. The van der Waals surface area contributed by atoms with E-state index in [0.717, 1.165) is 5.82 Å². The average Bonchev–Trinajstić information content (AvgIpc) is 2.72. The van der Waals surface area contributed by atoms with E-state index in [1.165, 1.54) is 50.8 Å². The van der Waals surface area contributed by atoms with Crippen LogP contribution in [0, 0.1) is 0 Å². The van der Waals surface area contributed by atoms with Crippen LogP contribution in [0.15, 0.2) is 0 Å². The van der Waals surface area contributed by atoms with E-state index in [-0.39, 0.29) is 0 Å². The van der Waals surface area contributed by atoms with E-state index in [1.807, 2.05) is 0 Å². The Morgan fingerprint density at radius 3 is 2.28 bits per heavy atom. The van der Waals surface area contributed by atoms with Crippen LogP contribution in [-0.4, -0.2) is 14.8 Å². The van der Waals surface area contributed by atoms with Crippen LogP contribution >= 0.6 is 11.6 Å². The first kappa shape index (κ1) is 13.9. The van der Waals surface area contributed by atoms with Crippen LogP contribution < -0.4 is 0 Å². The van der Waals surface area contributed by atoms with Gasteiger partial charge in [0, 0.05) is 12.0 Å². The van der Waals surface area contributed by atoms with E-state index >= 15 is 0 Å². The summed E-state index contributed by atoms with van der Waals surface area (Å²) in [6.45, 7) is 4.37. The number of alkyl halides is 1. The molecular formula is C14H24ClN3. The number of hydrogen-bond acceptors (Lipinski definition) is 2. The third kappa shape index (κ3) is 3.05. The Labute approximate surface area is 115 Å². The fraction of sp³-hybridized carbons (Fsp3) is 0.857. The second-order valence-corrected chi connectivity index (χ2v) is 5.88. The summed E-state index contributed by atoms with van der Waals surface area (Å²) < 4.78 is 2.25. The molecule has 1 heterocycles. The molecule has 3 nitrogen and oxygen atoms in total. The lowest BCUT2D eigenvalue weighted by atomic mass is 9.90. The van der Waals surface area contributed by atoms with Gasteiger partial charge < -0.3 is 4.57 Å². The van der Waals surface area contributed by atoms with Gasteiger partial charge >= 0.3 is 0 Å². The fourth-order valence-corrected chi connectivity index (χ4v) is 3.17. The van der Waals surface area contributed by atoms with Crippen molar-refractivity contribution in [1.82, 2.24) is 14.8 Å². The molecule has 0 aliphatic heterocycles. The monoisotopic (exact) mass is 269 g/mol. The van der Waals surface area contributed by atoms with Crippen LogP contribution in [0.25, 0.3) is 0 Å². The van der Waals surface area contributed by atoms with Crippen molar-refractivity contribution < 1.29 is 0 Å². The fourth-order valence-electron chi connectivity index (χ4n) is 2.98. The molecule has 1 saturated carbocycles. The molecule has 0 unspecified atom stereocenters. The van der Waals surface area contributed by atoms with Crippen molar-refractivity contribution in [1.29, 1.82) is 0 Å². The first-order valence-corrected chi connectivity index (χ1v) is 7.77. The molecule has 4 heteroatoms. The molecule has 18 heavy (non-hydrogen) atoms. The van der Waals surface area contributed by atoms with Crippen molar-refractivity contribution in [2.24, 2.45) is 0 Å². The molecule has 1 aliphatic rings. The SMILES string of the molecule is CC(C)n1c(CCl)nnc1C1CCCCCCC1. The van der Waals surface area contributed by atoms with Gasteiger partial charge in [0.2, 0.25) is 0 Å². The highest BCUT2D eigenvalue weighted by atomic mass is 35.5. The molecule has 102 valence electrons. The summed E-state index contributed by atoms with van der Waals surface area (Å²) in [5.41, 5.74) is 0. The molecule has 1 aliphatic carbocycles. The molecule has 1 fully saturated rings. The van der Waals surface area contributed by atoms with E-state index < -0.39 is 0 Å². The van der Waals surface area contributed by atoms with Gasteiger partial charge in [-0.1, -0.05) is 32.1 Å². The van der Waals surface area contributed by atoms with Crippen LogP contribution in [0.5, 0.6) is 0 Å². The number of aromatic nitrogens is 3. The summed E-state index contributed by atoms with van der Waals surface area (Å²) in [6, 6.07) is 0.397. The normalized spacial score (nSPS) is 18.9. The maximum absolute atomic E-state index is 5.96. The molecule has 0 atom stereocenters. The van der Waals surface area contributed by atoms with Crippen LogP contribution in [-0.2, 0) is 5.88 Å². The van der Waals surface area contributed by atoms with Gasteiger partial charge in [-0.15, -0.1) is 21.8 Å². The maximum atomic E-state index is 5.96. The van der Waals surface area contributed by atoms with Crippen molar-refractivity contribution in [3.63, 3.8) is 0 Å². The van der Waals surface area contributed by atoms with E-state index in [1.54, 1.807) is 0 Å². The minimum Gasteiger partial charge on any atom is -0.311 e. The molecule has 0 spiro atoms. The van der Waals surface area contributed by atoms with Crippen molar-refractivity contribution in [2.45, 2.75) is 76.6 Å². The lowest BCUT2D eigenvalue weighted by molar-refractivity contribution is 0.418. The highest BCUT2D eigenvalue weighted by Gasteiger charge is 2.22. The van der Waals surface area contributed by atoms with Gasteiger partial charge in [-0.25, -0.2) is 0 Å². The zero-order valence-electron chi connectivity index (χ0n) is 11.5. The highest BCUT2D eigenvalue weighted by Crippen LogP contribution is 2.31. The highest BCUT2D eigenvalue weighted by molar-refractivity contribution is 6.16. The van der Waals surface area contributed by atoms with Gasteiger partial charge in [0.1, 0.15) is 11.6 Å². The summed E-state index contributed by atoms with van der Waals surface area (Å²) in [5.74, 6) is 3.13. The Morgan fingerprint density at radius 1 is 1.11 bits per heavy atom. The van der Waals surface area contributed by atoms with Gasteiger partial charge in [-0.2, -0.15) is 0 Å². The maximum Gasteiger partial charge on any atom is 0.148 e. The quantitative estimate of drug-likeness (QED) is 0.760. The van der Waals surface area contributed by atoms with Gasteiger partial charge in [-0.05, 0) is 26.7 Å². The van der Waals surface area contributed by atoms with Crippen LogP contribution in [0.3, 0.4) is 0 Å². The molecule has 1 aromatic rings. The minimum atomic E-state index is 0.397. The zero-order chi connectivity index (χ0) is 13.0. The Bertz CT molecular complexity index is 365. The molecular weight excluding hydrogens is 246 g/mol. The lowest BCUT2D eigenvalue weighted by Crippen LogP contribution is -2.14. The van der Waals surface area contributed by atoms with Crippen LogP contribution in [0.1, 0.15) is 82.4 Å². The van der Waals surface area contributed by atoms with Crippen molar-refractivity contribution in [2.75, 3.05) is 0 Å². The van der Waals surface area contributed by atoms with E-state index in [4.69, 9.17) is 11.6 Å². The van der Waals surface area contributed by atoms with Gasteiger partial charge in [0.25, 0.3) is 0 Å². The van der Waals surface area contributed by atoms with Crippen molar-refractivity contribution in [3.8, 4) is 0 Å². The Hall–Kier alpha value is -0.570. The number of hydrogen-bond donors (Lipinski definition) is 0. The summed E-state index contributed by atoms with van der Waals surface area (Å²) in [6.07, 6.45) is 9.30. The van der Waals surface area contributed by atoms with E-state index in [2.05, 4.69) is 28.6 Å². The lowest BCUT2D eigenvalue weighted by Gasteiger charge is -2.22. The first-order valence-electron chi connectivity index (χ1n) is 7.23. The Balaban J connectivity index is 2.22. The summed E-state index contributed by atoms with van der Waals surface area (Å²) in [4.78, 5) is 0. The number of halogens is 1. The van der Waals surface area contributed by atoms with E-state index in [0.29, 0.717) is 17.8 Å². The number of nitrogens with zero attached hydrogens (tertiary/aromatic N) is 3. The van der Waals surface area contributed by atoms with Crippen LogP contribution in [0.2, 0.25) is 0 Å². The van der Waals surface area contributed by atoms with Crippen molar-refractivity contribution in [3.05, 3.63) is 11.6 Å². The van der Waals surface area contributed by atoms with Crippen molar-refractivity contribution >= 4 is 11.6 Å². The van der Waals surface area contributed by atoms with Gasteiger partial charge in [0.15, 0.2) is 0 Å². The summed E-state index contributed by atoms with van der Waals surface area (Å²) in [5, 5.41) is 8.70. The molecule has 2 rings (SSSR count). The smallest absolute Gasteiger partial charge is 0.148 e. The standard InChI is InChI=1S/C14H24ClN3/c1-11(2)18-13(10-15)16-17-14(18)12-8-6-4-3-5-7-9-12/h11-12H,3-10H2,1-2H3. The molecule has 1 aromatic heterocycles. The van der Waals surface area contributed by atoms with Gasteiger partial charge in [-0.3, -0.25) is 0 Å². The second kappa shape index (κ2) is 6.55. The predicted octanol–water partition coefficient (Wildman–Crippen LogP) is 4.43. The molecule has 0 saturated heterocycles. The molecule has 0 bridgehead atoms. The van der Waals surface area contributed by atoms with Gasteiger partial charge in [0.05, 0.1) is 5.88 Å². The summed E-state index contributed by atoms with van der Waals surface area (Å²) in [7, 11) is 0. The topological polar surface area (TPSA) is 30.7 Å². The average molecular weight is 270 g/mol. The predicted molar refractivity (Wildman–Crippen MR) is 75.0 cm³/mol. The first-order chi connectivity index (χ1) is 8.74. The largest absolute Gasteiger partial charge is 0.311 e. The molecule has 0 N–H and O–H groups in total. The molecule has 0 radical (unpaired) electrons. The third-order valence-electron chi connectivity index (χ3n) is 3.90. The second-order valence-electron chi connectivity index (χ2n) is 5.61. The number of rotatable bonds is 3. The Morgan fingerprint density at radius 2 is 1.72 bits per heavy atom. The summed E-state index contributed by atoms with van der Waals surface area (Å²) >= 11 is 5.96. The zero-order valence-corrected chi connectivity index (χ0v) is 12.3. The molecule has 0 aromatic carbocycles. The Kier molecular flexibility index (Phi) is 5.04. The molecule has 0 amide bonds. The van der Waals surface area contributed by atoms with E-state index in [9.17, 15) is 0 Å². The third-order valence-corrected chi connectivity index (χ3v) is 4.14. The van der Waals surface area contributed by atoms with Crippen LogP contribution in [0.4, 0.5) is 0 Å².